The van der Waals surface area contributed by atoms with Crippen molar-refractivity contribution < 1.29 is 9.15 Å². The lowest BCUT2D eigenvalue weighted by molar-refractivity contribution is 0.0943. The maximum Gasteiger partial charge on any atom is 0.137 e. The molecule has 0 aliphatic heterocycles. The highest BCUT2D eigenvalue weighted by molar-refractivity contribution is 5.87. The Morgan fingerprint density at radius 3 is 3.10 bits per heavy atom. The van der Waals surface area contributed by atoms with Crippen molar-refractivity contribution in [1.82, 2.24) is 15.0 Å². The number of methoxy groups -OCH3 is 1. The third-order valence-corrected chi connectivity index (χ3v) is 3.04. The highest BCUT2D eigenvalue weighted by Crippen LogP contribution is 2.21. The lowest BCUT2D eigenvalue weighted by Crippen LogP contribution is -2.15. The monoisotopic (exact) mass is 270 g/mol. The van der Waals surface area contributed by atoms with Gasteiger partial charge < -0.3 is 14.5 Å². The molecule has 6 heteroatoms. The van der Waals surface area contributed by atoms with E-state index < -0.39 is 0 Å². The number of nitrogens with zero attached hydrogens (tertiary/aromatic N) is 3. The average molecular weight is 270 g/mol. The Morgan fingerprint density at radius 2 is 2.30 bits per heavy atom. The van der Waals surface area contributed by atoms with Gasteiger partial charge in [-0.1, -0.05) is 0 Å². The molecule has 6 nitrogen and oxygen atoms in total. The third-order valence-electron chi connectivity index (χ3n) is 3.04. The van der Waals surface area contributed by atoms with Crippen molar-refractivity contribution in [3.8, 4) is 0 Å². The van der Waals surface area contributed by atoms with Gasteiger partial charge in [-0.05, 0) is 18.2 Å². The number of hydrogen-bond acceptors (Lipinski definition) is 6. The van der Waals surface area contributed by atoms with E-state index in [1.165, 1.54) is 6.33 Å². The van der Waals surface area contributed by atoms with E-state index in [1.807, 2.05) is 18.2 Å². The molecule has 102 valence electrons. The number of fused-ring (bicyclic) bond motifs is 1. The highest BCUT2D eigenvalue weighted by atomic mass is 16.5. The van der Waals surface area contributed by atoms with E-state index in [9.17, 15) is 0 Å². The molecule has 1 N–H and O–H groups in total. The predicted molar refractivity (Wildman–Crippen MR) is 74.3 cm³/mol. The number of ether oxygens (including phenoxy) is 1. The van der Waals surface area contributed by atoms with Crippen LogP contribution in [0.2, 0.25) is 0 Å². The summed E-state index contributed by atoms with van der Waals surface area (Å²) in [4.78, 5) is 12.5. The number of nitrogens with one attached hydrogen (secondary N) is 1. The number of furan rings is 1. The minimum absolute atomic E-state index is 0.170. The summed E-state index contributed by atoms with van der Waals surface area (Å²) in [6.07, 6.45) is 6.41. The second kappa shape index (κ2) is 5.66. The van der Waals surface area contributed by atoms with E-state index >= 15 is 0 Å². The van der Waals surface area contributed by atoms with Crippen molar-refractivity contribution in [1.29, 1.82) is 0 Å². The summed E-state index contributed by atoms with van der Waals surface area (Å²) in [7, 11) is 1.65. The first-order valence-electron chi connectivity index (χ1n) is 6.23. The first-order chi connectivity index (χ1) is 9.88. The number of hydrogen-bond donors (Lipinski definition) is 1. The molecule has 20 heavy (non-hydrogen) atoms. The maximum absolute atomic E-state index is 5.42. The Hall–Kier alpha value is -2.47. The van der Waals surface area contributed by atoms with Crippen LogP contribution in [0.1, 0.15) is 11.9 Å². The van der Waals surface area contributed by atoms with Crippen LogP contribution in [0.3, 0.4) is 0 Å². The summed E-state index contributed by atoms with van der Waals surface area (Å²) >= 11 is 0. The van der Waals surface area contributed by atoms with Gasteiger partial charge >= 0.3 is 0 Å². The zero-order valence-electron chi connectivity index (χ0n) is 11.0. The molecule has 3 heterocycles. The summed E-state index contributed by atoms with van der Waals surface area (Å²) in [6, 6.07) is 5.61. The Labute approximate surface area is 115 Å². The molecular weight excluding hydrogens is 256 g/mol. The fraction of sp³-hybridized carbons (Fsp3) is 0.214. The average Bonchev–Trinajstić information content (AvgIpc) is 3.02. The summed E-state index contributed by atoms with van der Waals surface area (Å²) in [5, 5.41) is 4.19. The summed E-state index contributed by atoms with van der Waals surface area (Å²) in [5.74, 6) is 1.53. The van der Waals surface area contributed by atoms with Crippen LogP contribution in [-0.2, 0) is 4.74 Å². The second-order valence-electron chi connectivity index (χ2n) is 4.24. The molecule has 1 unspecified atom stereocenters. The first kappa shape index (κ1) is 12.6. The predicted octanol–water partition coefficient (Wildman–Crippen LogP) is 2.42. The zero-order chi connectivity index (χ0) is 13.8. The maximum atomic E-state index is 5.42. The van der Waals surface area contributed by atoms with E-state index in [4.69, 9.17) is 9.15 Å². The number of rotatable bonds is 5. The van der Waals surface area contributed by atoms with E-state index in [1.54, 1.807) is 25.8 Å². The molecular formula is C14H14N4O2. The Morgan fingerprint density at radius 1 is 1.35 bits per heavy atom. The van der Waals surface area contributed by atoms with Gasteiger partial charge in [-0.3, -0.25) is 4.98 Å². The fourth-order valence-electron chi connectivity index (χ4n) is 2.01. The number of anilines is 1. The van der Waals surface area contributed by atoms with Crippen molar-refractivity contribution in [3.63, 3.8) is 0 Å². The molecule has 1 atom stereocenters. The van der Waals surface area contributed by atoms with E-state index in [0.29, 0.717) is 6.54 Å². The van der Waals surface area contributed by atoms with Crippen LogP contribution in [-0.4, -0.2) is 28.6 Å². The van der Waals surface area contributed by atoms with E-state index in [-0.39, 0.29) is 6.10 Å². The Balaban J connectivity index is 1.80. The first-order valence-corrected chi connectivity index (χ1v) is 6.23. The van der Waals surface area contributed by atoms with E-state index in [2.05, 4.69) is 20.3 Å². The minimum Gasteiger partial charge on any atom is -0.467 e. The molecule has 0 fully saturated rings. The molecule has 3 aromatic heterocycles. The fourth-order valence-corrected chi connectivity index (χ4v) is 2.01. The zero-order valence-corrected chi connectivity index (χ0v) is 11.0. The molecule has 3 aromatic rings. The summed E-state index contributed by atoms with van der Waals surface area (Å²) < 4.78 is 10.8. The molecule has 0 aromatic carbocycles. The van der Waals surface area contributed by atoms with Crippen LogP contribution in [0, 0.1) is 0 Å². The van der Waals surface area contributed by atoms with Gasteiger partial charge in [0.1, 0.15) is 24.0 Å². The molecule has 0 spiro atoms. The SMILES string of the molecule is COC(CNc1ncnc2cnccc12)c1ccco1. The van der Waals surface area contributed by atoms with Gasteiger partial charge in [-0.2, -0.15) is 0 Å². The van der Waals surface area contributed by atoms with Gasteiger partial charge in [-0.15, -0.1) is 0 Å². The molecule has 0 amide bonds. The Bertz CT molecular complexity index is 679. The van der Waals surface area contributed by atoms with Crippen LogP contribution in [0.15, 0.2) is 47.6 Å². The lowest BCUT2D eigenvalue weighted by Gasteiger charge is -2.14. The van der Waals surface area contributed by atoms with Crippen molar-refractivity contribution in [2.24, 2.45) is 0 Å². The van der Waals surface area contributed by atoms with Crippen LogP contribution in [0.4, 0.5) is 5.82 Å². The summed E-state index contributed by atoms with van der Waals surface area (Å²) in [5.41, 5.74) is 0.803. The summed E-state index contributed by atoms with van der Waals surface area (Å²) in [6.45, 7) is 0.554. The smallest absolute Gasteiger partial charge is 0.137 e. The molecule has 0 saturated heterocycles. The number of pyridine rings is 1. The van der Waals surface area contributed by atoms with Crippen LogP contribution >= 0.6 is 0 Å². The van der Waals surface area contributed by atoms with Gasteiger partial charge in [-0.25, -0.2) is 9.97 Å². The largest absolute Gasteiger partial charge is 0.467 e. The normalized spacial score (nSPS) is 12.4. The van der Waals surface area contributed by atoms with E-state index in [0.717, 1.165) is 22.5 Å². The third kappa shape index (κ3) is 2.46. The quantitative estimate of drug-likeness (QED) is 0.767. The van der Waals surface area contributed by atoms with Crippen LogP contribution in [0.5, 0.6) is 0 Å². The number of aromatic nitrogens is 3. The standard InChI is InChI=1S/C14H14N4O2/c1-19-13(12-3-2-6-20-12)8-16-14-10-4-5-15-7-11(10)17-9-18-14/h2-7,9,13H,8H2,1H3,(H,16,17,18). The van der Waals surface area contributed by atoms with Crippen molar-refractivity contribution in [2.75, 3.05) is 19.0 Å². The van der Waals surface area contributed by atoms with Gasteiger partial charge in [0.05, 0.1) is 18.0 Å². The van der Waals surface area contributed by atoms with Crippen molar-refractivity contribution in [3.05, 3.63) is 48.9 Å². The molecule has 0 aliphatic rings. The second-order valence-corrected chi connectivity index (χ2v) is 4.24. The molecule has 0 aliphatic carbocycles. The Kier molecular flexibility index (Phi) is 3.56. The van der Waals surface area contributed by atoms with Crippen molar-refractivity contribution in [2.45, 2.75) is 6.10 Å². The topological polar surface area (TPSA) is 73.1 Å². The van der Waals surface area contributed by atoms with Gasteiger partial charge in [0.25, 0.3) is 0 Å². The molecule has 3 rings (SSSR count). The van der Waals surface area contributed by atoms with Crippen molar-refractivity contribution >= 4 is 16.7 Å². The minimum atomic E-state index is -0.170. The highest BCUT2D eigenvalue weighted by Gasteiger charge is 2.14. The van der Waals surface area contributed by atoms with Crippen LogP contribution in [0.25, 0.3) is 10.9 Å². The van der Waals surface area contributed by atoms with Gasteiger partial charge in [0.15, 0.2) is 0 Å². The molecule has 0 saturated carbocycles. The van der Waals surface area contributed by atoms with Gasteiger partial charge in [0.2, 0.25) is 0 Å². The molecule has 0 bridgehead atoms. The molecule has 0 radical (unpaired) electrons. The van der Waals surface area contributed by atoms with Crippen LogP contribution < -0.4 is 5.32 Å². The van der Waals surface area contributed by atoms with Gasteiger partial charge in [0, 0.05) is 25.2 Å². The lowest BCUT2D eigenvalue weighted by atomic mass is 10.2.